The van der Waals surface area contributed by atoms with Gasteiger partial charge in [0, 0.05) is 36.8 Å². The zero-order valence-electron chi connectivity index (χ0n) is 12.3. The van der Waals surface area contributed by atoms with Gasteiger partial charge in [-0.25, -0.2) is 0 Å². The van der Waals surface area contributed by atoms with E-state index >= 15 is 0 Å². The molecule has 1 unspecified atom stereocenters. The first kappa shape index (κ1) is 13.1. The molecule has 106 valence electrons. The molecule has 1 aromatic heterocycles. The minimum absolute atomic E-state index is 0.380. The standard InChI is InChI=1S/C15H25N3O/c1-11-14(13(3)19-17-11)12(2)18-9-8-16-15(10-18)6-4-5-7-15/h12,16H,4-10H2,1-3H3. The highest BCUT2D eigenvalue weighted by Gasteiger charge is 2.39. The Morgan fingerprint density at radius 1 is 1.32 bits per heavy atom. The first-order chi connectivity index (χ1) is 9.11. The molecule has 3 rings (SSSR count). The Labute approximate surface area is 115 Å². The maximum atomic E-state index is 5.33. The number of aryl methyl sites for hydroxylation is 2. The van der Waals surface area contributed by atoms with Crippen LogP contribution < -0.4 is 5.32 Å². The maximum absolute atomic E-state index is 5.33. The van der Waals surface area contributed by atoms with Gasteiger partial charge >= 0.3 is 0 Å². The molecule has 1 spiro atoms. The van der Waals surface area contributed by atoms with Gasteiger partial charge in [-0.1, -0.05) is 18.0 Å². The molecule has 2 fully saturated rings. The van der Waals surface area contributed by atoms with E-state index in [4.69, 9.17) is 4.52 Å². The summed E-state index contributed by atoms with van der Waals surface area (Å²) in [5.41, 5.74) is 2.71. The summed E-state index contributed by atoms with van der Waals surface area (Å²) in [4.78, 5) is 2.61. The van der Waals surface area contributed by atoms with E-state index in [1.807, 2.05) is 6.92 Å². The third-order valence-corrected chi connectivity index (χ3v) is 5.02. The zero-order chi connectivity index (χ0) is 13.5. The Morgan fingerprint density at radius 2 is 2.05 bits per heavy atom. The molecule has 1 N–H and O–H groups in total. The van der Waals surface area contributed by atoms with E-state index in [-0.39, 0.29) is 0 Å². The van der Waals surface area contributed by atoms with Crippen LogP contribution in [0.25, 0.3) is 0 Å². The maximum Gasteiger partial charge on any atom is 0.138 e. The highest BCUT2D eigenvalue weighted by molar-refractivity contribution is 5.25. The highest BCUT2D eigenvalue weighted by Crippen LogP contribution is 2.35. The summed E-state index contributed by atoms with van der Waals surface area (Å²) in [6.45, 7) is 9.76. The topological polar surface area (TPSA) is 41.3 Å². The Balaban J connectivity index is 1.78. The fourth-order valence-electron chi connectivity index (χ4n) is 3.97. The fraction of sp³-hybridized carbons (Fsp3) is 0.800. The third-order valence-electron chi connectivity index (χ3n) is 5.02. The van der Waals surface area contributed by atoms with Crippen LogP contribution in [-0.4, -0.2) is 35.2 Å². The number of aromatic nitrogens is 1. The summed E-state index contributed by atoms with van der Waals surface area (Å²) in [6, 6.07) is 0.408. The molecule has 0 amide bonds. The van der Waals surface area contributed by atoms with Crippen LogP contribution in [0.5, 0.6) is 0 Å². The largest absolute Gasteiger partial charge is 0.361 e. The second-order valence-electron chi connectivity index (χ2n) is 6.30. The van der Waals surface area contributed by atoms with Gasteiger partial charge in [0.2, 0.25) is 0 Å². The van der Waals surface area contributed by atoms with Crippen molar-refractivity contribution < 1.29 is 4.52 Å². The van der Waals surface area contributed by atoms with Gasteiger partial charge in [0.15, 0.2) is 0 Å². The van der Waals surface area contributed by atoms with Crippen molar-refractivity contribution >= 4 is 0 Å². The van der Waals surface area contributed by atoms with Crippen molar-refractivity contribution in [2.75, 3.05) is 19.6 Å². The minimum Gasteiger partial charge on any atom is -0.361 e. The molecule has 4 heteroatoms. The fourth-order valence-corrected chi connectivity index (χ4v) is 3.97. The van der Waals surface area contributed by atoms with Crippen LogP contribution in [0.15, 0.2) is 4.52 Å². The summed E-state index contributed by atoms with van der Waals surface area (Å²) in [7, 11) is 0. The van der Waals surface area contributed by atoms with Gasteiger partial charge in [-0.2, -0.15) is 0 Å². The molecule has 1 aromatic rings. The summed E-state index contributed by atoms with van der Waals surface area (Å²) in [5, 5.41) is 7.88. The number of piperazine rings is 1. The Morgan fingerprint density at radius 3 is 2.68 bits per heavy atom. The predicted octanol–water partition coefficient (Wildman–Crippen LogP) is 2.57. The number of nitrogens with zero attached hydrogens (tertiary/aromatic N) is 2. The lowest BCUT2D eigenvalue weighted by Gasteiger charge is -2.44. The second kappa shape index (κ2) is 4.91. The van der Waals surface area contributed by atoms with Crippen LogP contribution in [0.1, 0.15) is 55.7 Å². The predicted molar refractivity (Wildman–Crippen MR) is 75.2 cm³/mol. The summed E-state index contributed by atoms with van der Waals surface area (Å²) in [6.07, 6.45) is 5.41. The summed E-state index contributed by atoms with van der Waals surface area (Å²) >= 11 is 0. The molecule has 0 bridgehead atoms. The van der Waals surface area contributed by atoms with Gasteiger partial charge in [0.05, 0.1) is 5.69 Å². The van der Waals surface area contributed by atoms with Crippen LogP contribution in [0, 0.1) is 13.8 Å². The lowest BCUT2D eigenvalue weighted by Crippen LogP contribution is -2.59. The minimum atomic E-state index is 0.380. The van der Waals surface area contributed by atoms with E-state index in [1.165, 1.54) is 31.2 Å². The quantitative estimate of drug-likeness (QED) is 0.890. The third kappa shape index (κ3) is 2.32. The zero-order valence-corrected chi connectivity index (χ0v) is 12.3. The van der Waals surface area contributed by atoms with Gasteiger partial charge in [0.1, 0.15) is 5.76 Å². The summed E-state index contributed by atoms with van der Waals surface area (Å²) in [5.74, 6) is 0.976. The van der Waals surface area contributed by atoms with E-state index in [0.29, 0.717) is 11.6 Å². The lowest BCUT2D eigenvalue weighted by atomic mass is 9.92. The monoisotopic (exact) mass is 263 g/mol. The molecule has 2 heterocycles. The number of nitrogens with one attached hydrogen (secondary N) is 1. The van der Waals surface area contributed by atoms with Crippen molar-refractivity contribution in [2.45, 2.75) is 58.0 Å². The smallest absolute Gasteiger partial charge is 0.138 e. The van der Waals surface area contributed by atoms with E-state index in [0.717, 1.165) is 31.1 Å². The first-order valence-electron chi connectivity index (χ1n) is 7.53. The first-order valence-corrected chi connectivity index (χ1v) is 7.53. The Bertz CT molecular complexity index is 429. The number of rotatable bonds is 2. The second-order valence-corrected chi connectivity index (χ2v) is 6.30. The lowest BCUT2D eigenvalue weighted by molar-refractivity contribution is 0.0998. The molecule has 1 atom stereocenters. The van der Waals surface area contributed by atoms with E-state index < -0.39 is 0 Å². The molecular formula is C15H25N3O. The molecule has 19 heavy (non-hydrogen) atoms. The molecule has 1 saturated carbocycles. The van der Waals surface area contributed by atoms with E-state index in [2.05, 4.69) is 29.2 Å². The van der Waals surface area contributed by atoms with Crippen molar-refractivity contribution in [1.29, 1.82) is 0 Å². The molecule has 4 nitrogen and oxygen atoms in total. The van der Waals surface area contributed by atoms with Crippen LogP contribution in [0.4, 0.5) is 0 Å². The van der Waals surface area contributed by atoms with Crippen molar-refractivity contribution in [3.63, 3.8) is 0 Å². The van der Waals surface area contributed by atoms with E-state index in [9.17, 15) is 0 Å². The van der Waals surface area contributed by atoms with Crippen LogP contribution >= 0.6 is 0 Å². The van der Waals surface area contributed by atoms with Crippen LogP contribution in [-0.2, 0) is 0 Å². The summed E-state index contributed by atoms with van der Waals surface area (Å²) < 4.78 is 5.33. The average molecular weight is 263 g/mol. The van der Waals surface area contributed by atoms with Gasteiger partial charge in [-0.3, -0.25) is 4.90 Å². The van der Waals surface area contributed by atoms with Gasteiger partial charge in [-0.05, 0) is 33.6 Å². The average Bonchev–Trinajstić information content (AvgIpc) is 2.97. The molecule has 1 aliphatic heterocycles. The molecule has 2 aliphatic rings. The van der Waals surface area contributed by atoms with Gasteiger partial charge in [0.25, 0.3) is 0 Å². The molecule has 1 saturated heterocycles. The van der Waals surface area contributed by atoms with Crippen molar-refractivity contribution in [3.8, 4) is 0 Å². The van der Waals surface area contributed by atoms with Crippen LogP contribution in [0.3, 0.4) is 0 Å². The van der Waals surface area contributed by atoms with Crippen molar-refractivity contribution in [1.82, 2.24) is 15.4 Å². The SMILES string of the molecule is Cc1noc(C)c1C(C)N1CCNC2(CCCC2)C1. The number of hydrogen-bond donors (Lipinski definition) is 1. The molecule has 0 radical (unpaired) electrons. The Hall–Kier alpha value is -0.870. The van der Waals surface area contributed by atoms with Crippen LogP contribution in [0.2, 0.25) is 0 Å². The molecule has 1 aliphatic carbocycles. The van der Waals surface area contributed by atoms with Crippen molar-refractivity contribution in [3.05, 3.63) is 17.0 Å². The van der Waals surface area contributed by atoms with Crippen molar-refractivity contribution in [2.24, 2.45) is 0 Å². The highest BCUT2D eigenvalue weighted by atomic mass is 16.5. The van der Waals surface area contributed by atoms with Gasteiger partial charge in [-0.15, -0.1) is 0 Å². The molecule has 0 aromatic carbocycles. The number of hydrogen-bond acceptors (Lipinski definition) is 4. The van der Waals surface area contributed by atoms with Gasteiger partial charge < -0.3 is 9.84 Å². The molecular weight excluding hydrogens is 238 g/mol. The normalized spacial score (nSPS) is 25.0. The van der Waals surface area contributed by atoms with E-state index in [1.54, 1.807) is 0 Å². The Kier molecular flexibility index (Phi) is 3.39.